The predicted molar refractivity (Wildman–Crippen MR) is 53.9 cm³/mol. The summed E-state index contributed by atoms with van der Waals surface area (Å²) in [4.78, 5) is 0. The molecule has 0 amide bonds. The molecular weight excluding hydrogens is 164 g/mol. The van der Waals surface area contributed by atoms with Crippen LogP contribution in [0.3, 0.4) is 0 Å². The second kappa shape index (κ2) is 4.55. The molecular formula is C11H13O2. The molecule has 0 saturated carbocycles. The van der Waals surface area contributed by atoms with Crippen molar-refractivity contribution in [1.82, 2.24) is 0 Å². The minimum atomic E-state index is 0.791. The van der Waals surface area contributed by atoms with Crippen molar-refractivity contribution in [1.29, 1.82) is 0 Å². The molecule has 2 heteroatoms. The molecule has 0 aromatic heterocycles. The Morgan fingerprint density at radius 2 is 1.69 bits per heavy atom. The van der Waals surface area contributed by atoms with E-state index in [9.17, 15) is 0 Å². The van der Waals surface area contributed by atoms with Gasteiger partial charge in [0, 0.05) is 0 Å². The highest BCUT2D eigenvalue weighted by Crippen LogP contribution is 2.29. The summed E-state index contributed by atoms with van der Waals surface area (Å²) in [5, 5.41) is 0. The van der Waals surface area contributed by atoms with E-state index in [0.29, 0.717) is 0 Å². The van der Waals surface area contributed by atoms with Gasteiger partial charge in [-0.1, -0.05) is 18.2 Å². The number of ether oxygens (including phenoxy) is 2. The predicted octanol–water partition coefficient (Wildman–Crippen LogP) is 2.55. The molecule has 0 unspecified atom stereocenters. The van der Waals surface area contributed by atoms with Crippen LogP contribution in [0.5, 0.6) is 11.5 Å². The molecule has 1 radical (unpaired) electrons. The van der Waals surface area contributed by atoms with Crippen molar-refractivity contribution in [2.45, 2.75) is 0 Å². The lowest BCUT2D eigenvalue weighted by Gasteiger charge is -2.08. The number of methoxy groups -OCH3 is 2. The summed E-state index contributed by atoms with van der Waals surface area (Å²) in [6.45, 7) is 3.64. The standard InChI is InChI=1S/C11H13O2/c1-4-6-9-10(12-2)7-5-8-11(9)13-3/h4-8H,1H2,2-3H3. The summed E-state index contributed by atoms with van der Waals surface area (Å²) in [6.07, 6.45) is 3.57. The van der Waals surface area contributed by atoms with Crippen molar-refractivity contribution < 1.29 is 9.47 Å². The summed E-state index contributed by atoms with van der Waals surface area (Å²) in [5.74, 6) is 1.58. The van der Waals surface area contributed by atoms with Gasteiger partial charge in [0.15, 0.2) is 0 Å². The van der Waals surface area contributed by atoms with Crippen LogP contribution in [0.2, 0.25) is 0 Å². The zero-order valence-electron chi connectivity index (χ0n) is 7.91. The minimum absolute atomic E-state index is 0.791. The van der Waals surface area contributed by atoms with E-state index in [1.54, 1.807) is 20.3 Å². The molecule has 1 rings (SSSR count). The van der Waals surface area contributed by atoms with Crippen LogP contribution in [0.1, 0.15) is 5.56 Å². The third kappa shape index (κ3) is 2.02. The van der Waals surface area contributed by atoms with Gasteiger partial charge in [0.2, 0.25) is 0 Å². The Labute approximate surface area is 78.8 Å². The molecule has 0 saturated heterocycles. The second-order valence-corrected chi connectivity index (χ2v) is 2.48. The molecule has 1 aromatic rings. The number of allylic oxidation sites excluding steroid dienone is 1. The maximum Gasteiger partial charge on any atom is 0.129 e. The lowest BCUT2D eigenvalue weighted by Crippen LogP contribution is -1.91. The highest BCUT2D eigenvalue weighted by atomic mass is 16.5. The lowest BCUT2D eigenvalue weighted by molar-refractivity contribution is 0.392. The van der Waals surface area contributed by atoms with Gasteiger partial charge in [-0.25, -0.2) is 0 Å². The van der Waals surface area contributed by atoms with Crippen LogP contribution in [0.15, 0.2) is 24.3 Å². The van der Waals surface area contributed by atoms with Crippen molar-refractivity contribution in [2.75, 3.05) is 14.2 Å². The van der Waals surface area contributed by atoms with Crippen LogP contribution < -0.4 is 9.47 Å². The third-order valence-corrected chi connectivity index (χ3v) is 1.75. The number of benzene rings is 1. The molecule has 0 heterocycles. The summed E-state index contributed by atoms with van der Waals surface area (Å²) >= 11 is 0. The Hall–Kier alpha value is -1.44. The monoisotopic (exact) mass is 177 g/mol. The van der Waals surface area contributed by atoms with Crippen molar-refractivity contribution >= 4 is 6.08 Å². The van der Waals surface area contributed by atoms with Gasteiger partial charge in [0.1, 0.15) is 11.5 Å². The van der Waals surface area contributed by atoms with Crippen LogP contribution in [-0.2, 0) is 0 Å². The molecule has 0 atom stereocenters. The van der Waals surface area contributed by atoms with Crippen LogP contribution in [-0.4, -0.2) is 14.2 Å². The maximum atomic E-state index is 5.18. The van der Waals surface area contributed by atoms with Gasteiger partial charge in [0.05, 0.1) is 19.8 Å². The average Bonchev–Trinajstić information content (AvgIpc) is 2.18. The highest BCUT2D eigenvalue weighted by molar-refractivity contribution is 5.64. The van der Waals surface area contributed by atoms with Gasteiger partial charge < -0.3 is 9.47 Å². The number of rotatable bonds is 3. The van der Waals surface area contributed by atoms with Crippen molar-refractivity contribution in [3.05, 3.63) is 36.8 Å². The first-order valence-corrected chi connectivity index (χ1v) is 4.00. The quantitative estimate of drug-likeness (QED) is 0.706. The van der Waals surface area contributed by atoms with E-state index < -0.39 is 0 Å². The lowest BCUT2D eigenvalue weighted by atomic mass is 10.1. The first-order valence-electron chi connectivity index (χ1n) is 4.00. The van der Waals surface area contributed by atoms with E-state index in [0.717, 1.165) is 17.1 Å². The molecule has 0 spiro atoms. The first-order chi connectivity index (χ1) is 6.33. The summed E-state index contributed by atoms with van der Waals surface area (Å²) in [6, 6.07) is 5.66. The summed E-state index contributed by atoms with van der Waals surface area (Å²) < 4.78 is 10.4. The fraction of sp³-hybridized carbons (Fsp3) is 0.182. The van der Waals surface area contributed by atoms with Gasteiger partial charge >= 0.3 is 0 Å². The fourth-order valence-corrected chi connectivity index (χ4v) is 1.16. The van der Waals surface area contributed by atoms with Crippen LogP contribution in [0, 0.1) is 6.92 Å². The molecule has 1 aromatic carbocycles. The van der Waals surface area contributed by atoms with Gasteiger partial charge in [-0.05, 0) is 19.1 Å². The first kappa shape index (κ1) is 9.65. The van der Waals surface area contributed by atoms with Crippen molar-refractivity contribution in [3.63, 3.8) is 0 Å². The average molecular weight is 177 g/mol. The van der Waals surface area contributed by atoms with Gasteiger partial charge in [0.25, 0.3) is 0 Å². The van der Waals surface area contributed by atoms with Crippen LogP contribution in [0.4, 0.5) is 0 Å². The molecule has 0 aliphatic carbocycles. The van der Waals surface area contributed by atoms with Crippen LogP contribution in [0.25, 0.3) is 6.08 Å². The van der Waals surface area contributed by atoms with Crippen LogP contribution >= 0.6 is 0 Å². The van der Waals surface area contributed by atoms with E-state index in [1.807, 2.05) is 24.3 Å². The van der Waals surface area contributed by atoms with E-state index in [-0.39, 0.29) is 0 Å². The smallest absolute Gasteiger partial charge is 0.129 e. The molecule has 0 aliphatic rings. The van der Waals surface area contributed by atoms with Gasteiger partial charge in [-0.15, -0.1) is 0 Å². The Kier molecular flexibility index (Phi) is 3.38. The molecule has 0 N–H and O–H groups in total. The minimum Gasteiger partial charge on any atom is -0.496 e. The highest BCUT2D eigenvalue weighted by Gasteiger charge is 2.04. The van der Waals surface area contributed by atoms with Gasteiger partial charge in [-0.2, -0.15) is 0 Å². The van der Waals surface area contributed by atoms with Crippen molar-refractivity contribution in [2.24, 2.45) is 0 Å². The van der Waals surface area contributed by atoms with E-state index in [4.69, 9.17) is 9.47 Å². The second-order valence-electron chi connectivity index (χ2n) is 2.48. The SMILES string of the molecule is [CH2]C=Cc1c(OC)cccc1OC. The van der Waals surface area contributed by atoms with E-state index in [2.05, 4.69) is 6.92 Å². The number of hydrogen-bond donors (Lipinski definition) is 0. The van der Waals surface area contributed by atoms with Gasteiger partial charge in [-0.3, -0.25) is 0 Å². The normalized spacial score (nSPS) is 10.4. The molecule has 0 bridgehead atoms. The molecule has 13 heavy (non-hydrogen) atoms. The molecule has 2 nitrogen and oxygen atoms in total. The van der Waals surface area contributed by atoms with E-state index in [1.165, 1.54) is 0 Å². The van der Waals surface area contributed by atoms with Crippen molar-refractivity contribution in [3.8, 4) is 11.5 Å². The largest absolute Gasteiger partial charge is 0.496 e. The molecule has 0 aliphatic heterocycles. The Bertz CT molecular complexity index is 281. The zero-order valence-corrected chi connectivity index (χ0v) is 7.91. The third-order valence-electron chi connectivity index (χ3n) is 1.75. The molecule has 0 fully saturated rings. The Morgan fingerprint density at radius 3 is 2.08 bits per heavy atom. The Balaban J connectivity index is 3.21. The summed E-state index contributed by atoms with van der Waals surface area (Å²) in [5.41, 5.74) is 0.919. The van der Waals surface area contributed by atoms with E-state index >= 15 is 0 Å². The maximum absolute atomic E-state index is 5.18. The zero-order chi connectivity index (χ0) is 9.68. The fourth-order valence-electron chi connectivity index (χ4n) is 1.16. The number of hydrogen-bond acceptors (Lipinski definition) is 2. The molecule has 69 valence electrons. The summed E-state index contributed by atoms with van der Waals surface area (Å²) in [7, 11) is 3.27. The Morgan fingerprint density at radius 1 is 1.15 bits per heavy atom. The topological polar surface area (TPSA) is 18.5 Å².